The lowest BCUT2D eigenvalue weighted by atomic mass is 10.1. The fraction of sp³-hybridized carbons (Fsp3) is 0.0500. The normalized spacial score (nSPS) is 11.7. The molecule has 1 aromatic heterocycles. The molecule has 6 aromatic rings. The van der Waals surface area contributed by atoms with Crippen molar-refractivity contribution in [2.45, 2.75) is 10.1 Å². The molecule has 254 valence electrons. The molecule has 3 amide bonds. The van der Waals surface area contributed by atoms with Gasteiger partial charge in [0.15, 0.2) is 5.13 Å². The summed E-state index contributed by atoms with van der Waals surface area (Å²) >= 11 is 2.59. The van der Waals surface area contributed by atoms with E-state index in [1.54, 1.807) is 103 Å². The summed E-state index contributed by atoms with van der Waals surface area (Å²) in [6.07, 6.45) is 1.58. The number of anilines is 2. The van der Waals surface area contributed by atoms with E-state index in [4.69, 9.17) is 4.74 Å². The lowest BCUT2D eigenvalue weighted by Gasteiger charge is -2.17. The van der Waals surface area contributed by atoms with Crippen molar-refractivity contribution in [2.75, 3.05) is 17.7 Å². The maximum Gasteiger partial charge on any atom is 0.272 e. The molecule has 0 aliphatic heterocycles. The number of nitrogens with zero attached hydrogens (tertiary/aromatic N) is 1. The smallest absolute Gasteiger partial charge is 0.272 e. The minimum atomic E-state index is -0.663. The number of thiazole rings is 1. The largest absolute Gasteiger partial charge is 0.497 e. The summed E-state index contributed by atoms with van der Waals surface area (Å²) in [7, 11) is 1.55. The Kier molecular flexibility index (Phi) is 11.3. The second kappa shape index (κ2) is 16.6. The average molecular weight is 715 g/mol. The fourth-order valence-electron chi connectivity index (χ4n) is 4.98. The predicted octanol–water partition coefficient (Wildman–Crippen LogP) is 8.84. The predicted molar refractivity (Wildman–Crippen MR) is 201 cm³/mol. The first-order chi connectivity index (χ1) is 24.8. The molecule has 0 saturated carbocycles. The van der Waals surface area contributed by atoms with Gasteiger partial charge in [-0.1, -0.05) is 66.7 Å². The van der Waals surface area contributed by atoms with Crippen LogP contribution in [0.4, 0.5) is 15.2 Å². The van der Waals surface area contributed by atoms with E-state index in [2.05, 4.69) is 20.9 Å². The number of methoxy groups -OCH3 is 1. The zero-order valence-electron chi connectivity index (χ0n) is 27.2. The average Bonchev–Trinajstić information content (AvgIpc) is 3.63. The van der Waals surface area contributed by atoms with E-state index in [-0.39, 0.29) is 17.4 Å². The van der Waals surface area contributed by atoms with Crippen molar-refractivity contribution >= 4 is 57.7 Å². The molecule has 0 aliphatic carbocycles. The van der Waals surface area contributed by atoms with Crippen molar-refractivity contribution in [3.63, 3.8) is 0 Å². The quantitative estimate of drug-likeness (QED) is 0.0864. The van der Waals surface area contributed by atoms with Gasteiger partial charge in [0.2, 0.25) is 5.91 Å². The fourth-order valence-corrected chi connectivity index (χ4v) is 6.78. The molecule has 51 heavy (non-hydrogen) atoms. The van der Waals surface area contributed by atoms with Gasteiger partial charge in [0.25, 0.3) is 11.8 Å². The van der Waals surface area contributed by atoms with E-state index in [0.29, 0.717) is 33.4 Å². The van der Waals surface area contributed by atoms with Crippen molar-refractivity contribution in [1.29, 1.82) is 0 Å². The van der Waals surface area contributed by atoms with Crippen LogP contribution in [-0.2, 0) is 9.59 Å². The van der Waals surface area contributed by atoms with Gasteiger partial charge in [-0.3, -0.25) is 14.4 Å². The first kappa shape index (κ1) is 34.8. The SMILES string of the molecule is COc1cccc(/C=C(\NC(=O)c2ccccc2)C(=O)Nc2cccc(SC(C(=O)Nc3nc(-c4ccc(F)cc4)cs3)c3ccccc3)c2)c1. The molecular formula is C40H31FN4O4S2. The van der Waals surface area contributed by atoms with Crippen molar-refractivity contribution in [1.82, 2.24) is 10.3 Å². The lowest BCUT2D eigenvalue weighted by Crippen LogP contribution is -2.30. The number of ether oxygens (including phenoxy) is 1. The van der Waals surface area contributed by atoms with Crippen molar-refractivity contribution in [2.24, 2.45) is 0 Å². The topological polar surface area (TPSA) is 109 Å². The number of amides is 3. The van der Waals surface area contributed by atoms with Crippen LogP contribution in [0.25, 0.3) is 17.3 Å². The summed E-state index contributed by atoms with van der Waals surface area (Å²) in [6.45, 7) is 0. The van der Waals surface area contributed by atoms with E-state index >= 15 is 0 Å². The number of halogens is 1. The number of benzene rings is 5. The first-order valence-corrected chi connectivity index (χ1v) is 17.5. The molecule has 3 N–H and O–H groups in total. The summed E-state index contributed by atoms with van der Waals surface area (Å²) in [5, 5.41) is 10.1. The Morgan fingerprint density at radius 2 is 1.55 bits per heavy atom. The second-order valence-electron chi connectivity index (χ2n) is 11.1. The number of nitrogens with one attached hydrogen (secondary N) is 3. The molecule has 0 aliphatic rings. The van der Waals surface area contributed by atoms with Gasteiger partial charge in [-0.25, -0.2) is 9.37 Å². The Bertz CT molecular complexity index is 2170. The highest BCUT2D eigenvalue weighted by molar-refractivity contribution is 8.00. The molecule has 1 heterocycles. The van der Waals surface area contributed by atoms with E-state index in [0.717, 1.165) is 16.0 Å². The molecular weight excluding hydrogens is 684 g/mol. The maximum absolute atomic E-state index is 13.8. The van der Waals surface area contributed by atoms with Crippen LogP contribution in [0.5, 0.6) is 5.75 Å². The zero-order chi connectivity index (χ0) is 35.6. The number of hydrogen-bond donors (Lipinski definition) is 3. The molecule has 0 radical (unpaired) electrons. The Balaban J connectivity index is 1.21. The molecule has 0 spiro atoms. The van der Waals surface area contributed by atoms with Gasteiger partial charge in [0.05, 0.1) is 12.8 Å². The highest BCUT2D eigenvalue weighted by Crippen LogP contribution is 2.38. The molecule has 6 rings (SSSR count). The summed E-state index contributed by atoms with van der Waals surface area (Å²) in [4.78, 5) is 45.8. The molecule has 0 bridgehead atoms. The Labute approximate surface area is 302 Å². The first-order valence-electron chi connectivity index (χ1n) is 15.7. The lowest BCUT2D eigenvalue weighted by molar-refractivity contribution is -0.116. The highest BCUT2D eigenvalue weighted by Gasteiger charge is 2.24. The Hall–Kier alpha value is -6.04. The summed E-state index contributed by atoms with van der Waals surface area (Å²) in [5.74, 6) is -1.00. The highest BCUT2D eigenvalue weighted by atomic mass is 32.2. The van der Waals surface area contributed by atoms with Gasteiger partial charge in [-0.15, -0.1) is 23.1 Å². The van der Waals surface area contributed by atoms with Crippen LogP contribution in [0.1, 0.15) is 26.7 Å². The van der Waals surface area contributed by atoms with Crippen LogP contribution in [0.15, 0.2) is 149 Å². The van der Waals surface area contributed by atoms with Crippen molar-refractivity contribution in [3.05, 3.63) is 167 Å². The molecule has 0 fully saturated rings. The summed E-state index contributed by atoms with van der Waals surface area (Å²) in [5.41, 5.74) is 3.68. The molecule has 8 nitrogen and oxygen atoms in total. The number of carbonyl (C=O) groups excluding carboxylic acids is 3. The number of aromatic nitrogens is 1. The molecule has 0 saturated heterocycles. The van der Waals surface area contributed by atoms with Crippen LogP contribution in [0.3, 0.4) is 0 Å². The van der Waals surface area contributed by atoms with Crippen molar-refractivity contribution < 1.29 is 23.5 Å². The Morgan fingerprint density at radius 3 is 2.29 bits per heavy atom. The third-order valence-corrected chi connectivity index (χ3v) is 9.50. The van der Waals surface area contributed by atoms with Gasteiger partial charge >= 0.3 is 0 Å². The van der Waals surface area contributed by atoms with Crippen LogP contribution in [0.2, 0.25) is 0 Å². The van der Waals surface area contributed by atoms with Crippen LogP contribution < -0.4 is 20.7 Å². The minimum Gasteiger partial charge on any atom is -0.497 e. The number of hydrogen-bond acceptors (Lipinski definition) is 7. The molecule has 1 unspecified atom stereocenters. The molecule has 5 aromatic carbocycles. The van der Waals surface area contributed by atoms with E-state index in [9.17, 15) is 18.8 Å². The summed E-state index contributed by atoms with van der Waals surface area (Å²) < 4.78 is 18.8. The molecule has 1 atom stereocenters. The van der Waals surface area contributed by atoms with Crippen LogP contribution >= 0.6 is 23.1 Å². The minimum absolute atomic E-state index is 0.0279. The van der Waals surface area contributed by atoms with Gasteiger partial charge in [-0.2, -0.15) is 0 Å². The van der Waals surface area contributed by atoms with Gasteiger partial charge in [-0.05, 0) is 83.9 Å². The third kappa shape index (κ3) is 9.35. The maximum atomic E-state index is 13.8. The number of thioether (sulfide) groups is 1. The summed E-state index contributed by atoms with van der Waals surface area (Å²) in [6, 6.07) is 38.2. The molecule has 11 heteroatoms. The van der Waals surface area contributed by atoms with Crippen LogP contribution in [-0.4, -0.2) is 29.8 Å². The number of carbonyl (C=O) groups is 3. The standard InChI is InChI=1S/C40H31FN4O4S2/c1-49-32-16-8-10-26(22-32)23-34(43-37(46)29-13-6-3-7-14-29)38(47)42-31-15-9-17-33(24-31)51-36(28-11-4-2-5-12-28)39(48)45-40-44-35(25-50-40)27-18-20-30(41)21-19-27/h2-25,36H,1H3,(H,42,47)(H,43,46)(H,44,45,48)/b34-23-. The van der Waals surface area contributed by atoms with E-state index in [1.165, 1.54) is 35.2 Å². The van der Waals surface area contributed by atoms with Gasteiger partial charge in [0.1, 0.15) is 22.5 Å². The van der Waals surface area contributed by atoms with Crippen LogP contribution in [0, 0.1) is 5.82 Å². The van der Waals surface area contributed by atoms with Gasteiger partial charge in [0, 0.05) is 27.1 Å². The van der Waals surface area contributed by atoms with Crippen molar-refractivity contribution in [3.8, 4) is 17.0 Å². The van der Waals surface area contributed by atoms with E-state index in [1.807, 2.05) is 36.4 Å². The van der Waals surface area contributed by atoms with Gasteiger partial charge < -0.3 is 20.7 Å². The van der Waals surface area contributed by atoms with E-state index < -0.39 is 17.1 Å². The monoisotopic (exact) mass is 714 g/mol. The number of rotatable bonds is 12. The third-order valence-electron chi connectivity index (χ3n) is 7.49. The Morgan fingerprint density at radius 1 is 0.824 bits per heavy atom. The second-order valence-corrected chi connectivity index (χ2v) is 13.1. The zero-order valence-corrected chi connectivity index (χ0v) is 28.8.